The van der Waals surface area contributed by atoms with Crippen LogP contribution in [-0.4, -0.2) is 35.7 Å². The number of nitrogens with zero attached hydrogens (tertiary/aromatic N) is 1. The molecule has 2 atom stereocenters. The van der Waals surface area contributed by atoms with Crippen LogP contribution >= 0.6 is 0 Å². The average Bonchev–Trinajstić information content (AvgIpc) is 2.38. The fraction of sp³-hybridized carbons (Fsp3) is 0.625. The van der Waals surface area contributed by atoms with Crippen molar-refractivity contribution < 1.29 is 5.11 Å². The Labute approximate surface area is 116 Å². The number of benzene rings is 1. The molecule has 1 aromatic carbocycles. The molecule has 2 rings (SSSR count). The number of aromatic hydroxyl groups is 1. The zero-order valence-electron chi connectivity index (χ0n) is 12.1. The first kappa shape index (κ1) is 14.4. The average molecular weight is 262 g/mol. The summed E-state index contributed by atoms with van der Waals surface area (Å²) in [6.07, 6.45) is 2.43. The molecule has 1 aliphatic heterocycles. The fourth-order valence-electron chi connectivity index (χ4n) is 2.92. The number of nitrogens with one attached hydrogen (secondary N) is 1. The predicted molar refractivity (Wildman–Crippen MR) is 79.2 cm³/mol. The summed E-state index contributed by atoms with van der Waals surface area (Å²) in [6, 6.07) is 8.27. The molecular formula is C16H26N2O. The van der Waals surface area contributed by atoms with Gasteiger partial charge in [-0.1, -0.05) is 26.0 Å². The summed E-state index contributed by atoms with van der Waals surface area (Å²) in [4.78, 5) is 2.49. The summed E-state index contributed by atoms with van der Waals surface area (Å²) in [5.41, 5.74) is 1.20. The third-order valence-corrected chi connectivity index (χ3v) is 3.96. The molecule has 106 valence electrons. The van der Waals surface area contributed by atoms with Crippen LogP contribution in [-0.2, 0) is 6.54 Å². The van der Waals surface area contributed by atoms with Crippen LogP contribution in [0.2, 0.25) is 0 Å². The van der Waals surface area contributed by atoms with E-state index in [9.17, 15) is 5.11 Å². The maximum absolute atomic E-state index is 9.51. The summed E-state index contributed by atoms with van der Waals surface area (Å²) in [6.45, 7) is 8.90. The van der Waals surface area contributed by atoms with Crippen molar-refractivity contribution in [2.24, 2.45) is 5.92 Å². The Bertz CT molecular complexity index is 394. The van der Waals surface area contributed by atoms with E-state index in [1.807, 2.05) is 12.1 Å². The van der Waals surface area contributed by atoms with Crippen molar-refractivity contribution in [1.29, 1.82) is 0 Å². The second-order valence-corrected chi connectivity index (χ2v) is 5.73. The van der Waals surface area contributed by atoms with E-state index in [1.165, 1.54) is 18.4 Å². The number of piperidine rings is 1. The van der Waals surface area contributed by atoms with E-state index >= 15 is 0 Å². The summed E-state index contributed by atoms with van der Waals surface area (Å²) in [5.74, 6) is 1.06. The Morgan fingerprint density at radius 1 is 1.42 bits per heavy atom. The highest BCUT2D eigenvalue weighted by atomic mass is 16.3. The molecule has 0 radical (unpaired) electrons. The van der Waals surface area contributed by atoms with E-state index in [2.05, 4.69) is 30.1 Å². The number of phenolic OH excluding ortho intramolecular Hbond substituents is 1. The van der Waals surface area contributed by atoms with Crippen LogP contribution in [0.25, 0.3) is 0 Å². The molecular weight excluding hydrogens is 236 g/mol. The third-order valence-electron chi connectivity index (χ3n) is 3.96. The smallest absolute Gasteiger partial charge is 0.115 e. The minimum atomic E-state index is 0.366. The highest BCUT2D eigenvalue weighted by Crippen LogP contribution is 2.20. The van der Waals surface area contributed by atoms with Crippen LogP contribution < -0.4 is 5.32 Å². The molecule has 3 heteroatoms. The maximum atomic E-state index is 9.51. The second-order valence-electron chi connectivity index (χ2n) is 5.73. The molecule has 3 nitrogen and oxygen atoms in total. The van der Waals surface area contributed by atoms with Crippen LogP contribution in [0.5, 0.6) is 5.75 Å². The minimum absolute atomic E-state index is 0.366. The lowest BCUT2D eigenvalue weighted by Gasteiger charge is -2.37. The predicted octanol–water partition coefficient (Wildman–Crippen LogP) is 2.60. The Morgan fingerprint density at radius 2 is 2.26 bits per heavy atom. The highest BCUT2D eigenvalue weighted by Gasteiger charge is 2.25. The van der Waals surface area contributed by atoms with Gasteiger partial charge in [0.2, 0.25) is 0 Å². The van der Waals surface area contributed by atoms with E-state index in [-0.39, 0.29) is 0 Å². The van der Waals surface area contributed by atoms with Gasteiger partial charge in [0, 0.05) is 19.1 Å². The monoisotopic (exact) mass is 262 g/mol. The number of hydrogen-bond acceptors (Lipinski definition) is 3. The van der Waals surface area contributed by atoms with Gasteiger partial charge in [-0.3, -0.25) is 4.90 Å². The summed E-state index contributed by atoms with van der Waals surface area (Å²) in [5, 5.41) is 13.2. The zero-order valence-corrected chi connectivity index (χ0v) is 12.1. The van der Waals surface area contributed by atoms with Crippen LogP contribution in [0.4, 0.5) is 0 Å². The van der Waals surface area contributed by atoms with E-state index in [0.29, 0.717) is 17.7 Å². The molecule has 2 N–H and O–H groups in total. The van der Waals surface area contributed by atoms with Crippen molar-refractivity contribution in [3.05, 3.63) is 29.8 Å². The van der Waals surface area contributed by atoms with Crippen LogP contribution in [0.3, 0.4) is 0 Å². The molecule has 0 aliphatic carbocycles. The van der Waals surface area contributed by atoms with Gasteiger partial charge in [0.05, 0.1) is 0 Å². The van der Waals surface area contributed by atoms with Gasteiger partial charge in [0.15, 0.2) is 0 Å². The van der Waals surface area contributed by atoms with Gasteiger partial charge in [0.25, 0.3) is 0 Å². The molecule has 1 saturated heterocycles. The Kier molecular flexibility index (Phi) is 5.23. The van der Waals surface area contributed by atoms with Gasteiger partial charge in [-0.05, 0) is 49.5 Å². The van der Waals surface area contributed by atoms with E-state index in [4.69, 9.17) is 0 Å². The van der Waals surface area contributed by atoms with Gasteiger partial charge in [0.1, 0.15) is 5.75 Å². The molecule has 0 spiro atoms. The second kappa shape index (κ2) is 6.92. The fourth-order valence-corrected chi connectivity index (χ4v) is 2.92. The molecule has 0 aromatic heterocycles. The van der Waals surface area contributed by atoms with Crippen molar-refractivity contribution in [3.8, 4) is 5.75 Å². The van der Waals surface area contributed by atoms with Gasteiger partial charge < -0.3 is 10.4 Å². The first-order chi connectivity index (χ1) is 9.19. The number of phenols is 1. The van der Waals surface area contributed by atoms with Gasteiger partial charge >= 0.3 is 0 Å². The van der Waals surface area contributed by atoms with Crippen LogP contribution in [0.1, 0.15) is 32.3 Å². The third kappa shape index (κ3) is 4.22. The lowest BCUT2D eigenvalue weighted by molar-refractivity contribution is 0.141. The summed E-state index contributed by atoms with van der Waals surface area (Å²) < 4.78 is 0. The molecule has 1 aromatic rings. The lowest BCUT2D eigenvalue weighted by Crippen LogP contribution is -2.48. The zero-order chi connectivity index (χ0) is 13.7. The Hall–Kier alpha value is -1.06. The number of rotatable bonds is 5. The molecule has 2 unspecified atom stereocenters. The largest absolute Gasteiger partial charge is 0.508 e. The molecule has 19 heavy (non-hydrogen) atoms. The first-order valence-corrected chi connectivity index (χ1v) is 7.42. The van der Waals surface area contributed by atoms with Gasteiger partial charge in [-0.25, -0.2) is 0 Å². The Morgan fingerprint density at radius 3 is 2.95 bits per heavy atom. The van der Waals surface area contributed by atoms with Crippen molar-refractivity contribution in [1.82, 2.24) is 10.2 Å². The molecule has 1 heterocycles. The van der Waals surface area contributed by atoms with Crippen molar-refractivity contribution in [2.75, 3.05) is 19.6 Å². The van der Waals surface area contributed by atoms with E-state index in [0.717, 1.165) is 26.2 Å². The maximum Gasteiger partial charge on any atom is 0.115 e. The molecule has 1 fully saturated rings. The van der Waals surface area contributed by atoms with Crippen LogP contribution in [0.15, 0.2) is 24.3 Å². The normalized spacial score (nSPS) is 24.5. The van der Waals surface area contributed by atoms with E-state index < -0.39 is 0 Å². The molecule has 0 saturated carbocycles. The first-order valence-electron chi connectivity index (χ1n) is 7.42. The van der Waals surface area contributed by atoms with Crippen molar-refractivity contribution in [3.63, 3.8) is 0 Å². The number of hydrogen-bond donors (Lipinski definition) is 2. The van der Waals surface area contributed by atoms with Crippen LogP contribution in [0, 0.1) is 5.92 Å². The van der Waals surface area contributed by atoms with Gasteiger partial charge in [-0.15, -0.1) is 0 Å². The Balaban J connectivity index is 1.84. The minimum Gasteiger partial charge on any atom is -0.508 e. The summed E-state index contributed by atoms with van der Waals surface area (Å²) >= 11 is 0. The van der Waals surface area contributed by atoms with E-state index in [1.54, 1.807) is 6.07 Å². The molecule has 0 amide bonds. The number of likely N-dealkylation sites (tertiary alicyclic amines) is 1. The van der Waals surface area contributed by atoms with Crippen molar-refractivity contribution >= 4 is 0 Å². The quantitative estimate of drug-likeness (QED) is 0.856. The molecule has 1 aliphatic rings. The summed E-state index contributed by atoms with van der Waals surface area (Å²) in [7, 11) is 0. The molecule has 0 bridgehead atoms. The van der Waals surface area contributed by atoms with Gasteiger partial charge in [-0.2, -0.15) is 0 Å². The lowest BCUT2D eigenvalue weighted by atomic mass is 9.93. The topological polar surface area (TPSA) is 35.5 Å². The van der Waals surface area contributed by atoms with Crippen molar-refractivity contribution in [2.45, 2.75) is 39.3 Å². The highest BCUT2D eigenvalue weighted by molar-refractivity contribution is 5.27. The SMILES string of the molecule is CCCNC1CCN(Cc2cccc(O)c2)CC1C. The standard InChI is InChI=1S/C16H26N2O/c1-3-8-17-16-7-9-18(11-13(16)2)12-14-5-4-6-15(19)10-14/h4-6,10,13,16-17,19H,3,7-9,11-12H2,1-2H3.